The minimum Gasteiger partial charge on any atom is -0.493 e. The highest BCUT2D eigenvalue weighted by atomic mass is 16.5. The molecule has 6 heteroatoms. The normalized spacial score (nSPS) is 15.5. The first-order valence-electron chi connectivity index (χ1n) is 10.2. The summed E-state index contributed by atoms with van der Waals surface area (Å²) in [7, 11) is 3.14. The molecule has 0 bridgehead atoms. The van der Waals surface area contributed by atoms with Gasteiger partial charge >= 0.3 is 0 Å². The van der Waals surface area contributed by atoms with Crippen molar-refractivity contribution in [2.24, 2.45) is 5.92 Å². The second kappa shape index (κ2) is 9.20. The molecule has 0 saturated carbocycles. The van der Waals surface area contributed by atoms with Crippen molar-refractivity contribution < 1.29 is 19.1 Å². The van der Waals surface area contributed by atoms with Crippen LogP contribution in [0.5, 0.6) is 11.5 Å². The Morgan fingerprint density at radius 2 is 1.73 bits per heavy atom. The molecule has 1 N–H and O–H groups in total. The van der Waals surface area contributed by atoms with Gasteiger partial charge in [-0.15, -0.1) is 0 Å². The number of aryl methyl sites for hydroxylation is 1. The number of methoxy groups -OCH3 is 2. The van der Waals surface area contributed by atoms with Crippen molar-refractivity contribution in [3.05, 3.63) is 53.1 Å². The molecule has 0 fully saturated rings. The predicted molar refractivity (Wildman–Crippen MR) is 117 cm³/mol. The quantitative estimate of drug-likeness (QED) is 0.783. The fourth-order valence-corrected chi connectivity index (χ4v) is 3.82. The fraction of sp³-hybridized carbons (Fsp3) is 0.417. The third-order valence-corrected chi connectivity index (χ3v) is 5.44. The number of carbonyl (C=O) groups is 2. The molecule has 0 radical (unpaired) electrons. The largest absolute Gasteiger partial charge is 0.493 e. The highest BCUT2D eigenvalue weighted by Gasteiger charge is 2.34. The van der Waals surface area contributed by atoms with Crippen LogP contribution in [0.3, 0.4) is 0 Å². The lowest BCUT2D eigenvalue weighted by Crippen LogP contribution is -2.50. The van der Waals surface area contributed by atoms with E-state index in [1.165, 1.54) is 0 Å². The van der Waals surface area contributed by atoms with Gasteiger partial charge in [-0.3, -0.25) is 9.59 Å². The number of hydrogen-bond donors (Lipinski definition) is 1. The molecule has 2 aromatic carbocycles. The van der Waals surface area contributed by atoms with Crippen molar-refractivity contribution in [1.82, 2.24) is 4.90 Å². The van der Waals surface area contributed by atoms with E-state index in [2.05, 4.69) is 5.32 Å². The maximum atomic E-state index is 13.3. The minimum absolute atomic E-state index is 0.00341. The number of nitrogens with one attached hydrogen (secondary N) is 1. The summed E-state index contributed by atoms with van der Waals surface area (Å²) in [5, 5.41) is 3.01. The molecule has 1 aliphatic heterocycles. The lowest BCUT2D eigenvalue weighted by molar-refractivity contribution is -0.140. The van der Waals surface area contributed by atoms with Crippen LogP contribution in [0.2, 0.25) is 0 Å². The molecule has 6 nitrogen and oxygen atoms in total. The van der Waals surface area contributed by atoms with Gasteiger partial charge in [0.1, 0.15) is 6.04 Å². The molecular weight excluding hydrogens is 380 g/mol. The molecule has 0 saturated heterocycles. The summed E-state index contributed by atoms with van der Waals surface area (Å²) in [5.74, 6) is 1.18. The minimum atomic E-state index is -0.557. The van der Waals surface area contributed by atoms with E-state index in [1.54, 1.807) is 25.2 Å². The van der Waals surface area contributed by atoms with Crippen molar-refractivity contribution in [2.45, 2.75) is 46.2 Å². The zero-order valence-electron chi connectivity index (χ0n) is 18.3. The highest BCUT2D eigenvalue weighted by Crippen LogP contribution is 2.33. The van der Waals surface area contributed by atoms with E-state index in [0.717, 1.165) is 16.7 Å². The molecule has 160 valence electrons. The van der Waals surface area contributed by atoms with Crippen molar-refractivity contribution in [2.75, 3.05) is 19.5 Å². The van der Waals surface area contributed by atoms with Gasteiger partial charge in [-0.25, -0.2) is 0 Å². The number of benzene rings is 2. The Morgan fingerprint density at radius 1 is 1.10 bits per heavy atom. The van der Waals surface area contributed by atoms with E-state index in [-0.39, 0.29) is 17.7 Å². The number of ether oxygens (including phenoxy) is 2. The number of nitrogens with zero attached hydrogens (tertiary/aromatic N) is 1. The topological polar surface area (TPSA) is 67.9 Å². The maximum absolute atomic E-state index is 13.3. The van der Waals surface area contributed by atoms with Crippen molar-refractivity contribution >= 4 is 17.5 Å². The second-order valence-corrected chi connectivity index (χ2v) is 8.12. The van der Waals surface area contributed by atoms with Crippen molar-refractivity contribution in [3.63, 3.8) is 0 Å². The van der Waals surface area contributed by atoms with Crippen LogP contribution in [0.15, 0.2) is 36.4 Å². The Balaban J connectivity index is 1.89. The van der Waals surface area contributed by atoms with Gasteiger partial charge in [-0.05, 0) is 35.6 Å². The molecule has 1 heterocycles. The van der Waals surface area contributed by atoms with Crippen LogP contribution < -0.4 is 14.8 Å². The fourth-order valence-electron chi connectivity index (χ4n) is 3.82. The van der Waals surface area contributed by atoms with Crippen molar-refractivity contribution in [3.8, 4) is 11.5 Å². The van der Waals surface area contributed by atoms with E-state index in [0.29, 0.717) is 36.6 Å². The van der Waals surface area contributed by atoms with Crippen molar-refractivity contribution in [1.29, 1.82) is 0 Å². The van der Waals surface area contributed by atoms with Gasteiger partial charge in [0.25, 0.3) is 0 Å². The van der Waals surface area contributed by atoms with Crippen LogP contribution in [0.4, 0.5) is 5.69 Å². The smallest absolute Gasteiger partial charge is 0.247 e. The summed E-state index contributed by atoms with van der Waals surface area (Å²) in [6.45, 7) is 6.37. The SMILES string of the molecule is COc1cc(C)c(NC(=O)C2Cc3ccccc3CN2C(=O)CC(C)C)cc1OC. The summed E-state index contributed by atoms with van der Waals surface area (Å²) in [5.41, 5.74) is 3.71. The third kappa shape index (κ3) is 4.58. The first-order valence-corrected chi connectivity index (χ1v) is 10.2. The average Bonchev–Trinajstić information content (AvgIpc) is 2.73. The lowest BCUT2D eigenvalue weighted by atomic mass is 9.92. The molecule has 1 aliphatic rings. The van der Waals surface area contributed by atoms with E-state index in [9.17, 15) is 9.59 Å². The third-order valence-electron chi connectivity index (χ3n) is 5.44. The number of amides is 2. The Bertz CT molecular complexity index is 939. The van der Waals surface area contributed by atoms with Crippen LogP contribution >= 0.6 is 0 Å². The van der Waals surface area contributed by atoms with Gasteiger partial charge in [-0.2, -0.15) is 0 Å². The van der Waals surface area contributed by atoms with Gasteiger partial charge in [-0.1, -0.05) is 38.1 Å². The van der Waals surface area contributed by atoms with Crippen LogP contribution in [-0.4, -0.2) is 37.0 Å². The van der Waals surface area contributed by atoms with Gasteiger partial charge in [0.05, 0.1) is 14.2 Å². The Hall–Kier alpha value is -3.02. The molecule has 0 aliphatic carbocycles. The first kappa shape index (κ1) is 21.7. The zero-order valence-corrected chi connectivity index (χ0v) is 18.3. The molecule has 1 atom stereocenters. The van der Waals surface area contributed by atoms with Gasteiger partial charge < -0.3 is 19.7 Å². The lowest BCUT2D eigenvalue weighted by Gasteiger charge is -2.36. The molecular formula is C24H30N2O4. The number of anilines is 1. The monoisotopic (exact) mass is 410 g/mol. The molecule has 2 aromatic rings. The summed E-state index contributed by atoms with van der Waals surface area (Å²) < 4.78 is 10.7. The molecule has 30 heavy (non-hydrogen) atoms. The highest BCUT2D eigenvalue weighted by molar-refractivity contribution is 5.98. The number of carbonyl (C=O) groups excluding carboxylic acids is 2. The Morgan fingerprint density at radius 3 is 2.37 bits per heavy atom. The van der Waals surface area contributed by atoms with Crippen LogP contribution in [-0.2, 0) is 22.6 Å². The van der Waals surface area contributed by atoms with Gasteiger partial charge in [0, 0.05) is 31.1 Å². The predicted octanol–water partition coefficient (Wildman–Crippen LogP) is 3.95. The maximum Gasteiger partial charge on any atom is 0.247 e. The van der Waals surface area contributed by atoms with Crippen LogP contribution in [0.25, 0.3) is 0 Å². The molecule has 3 rings (SSSR count). The van der Waals surface area contributed by atoms with Crippen LogP contribution in [0, 0.1) is 12.8 Å². The number of fused-ring (bicyclic) bond motifs is 1. The second-order valence-electron chi connectivity index (χ2n) is 8.12. The summed E-state index contributed by atoms with van der Waals surface area (Å²) in [4.78, 5) is 28.0. The number of rotatable bonds is 6. The summed E-state index contributed by atoms with van der Waals surface area (Å²) >= 11 is 0. The standard InChI is InChI=1S/C24H30N2O4/c1-15(2)10-23(27)26-14-18-9-7-6-8-17(18)12-20(26)24(28)25-19-13-22(30-5)21(29-4)11-16(19)3/h6-9,11,13,15,20H,10,12,14H2,1-5H3,(H,25,28). The summed E-state index contributed by atoms with van der Waals surface area (Å²) in [6, 6.07) is 11.0. The van der Waals surface area contributed by atoms with E-state index in [4.69, 9.17) is 9.47 Å². The average molecular weight is 411 g/mol. The van der Waals surface area contributed by atoms with Gasteiger partial charge in [0.15, 0.2) is 11.5 Å². The van der Waals surface area contributed by atoms with Crippen LogP contribution in [0.1, 0.15) is 37.0 Å². The van der Waals surface area contributed by atoms with E-state index >= 15 is 0 Å². The summed E-state index contributed by atoms with van der Waals surface area (Å²) in [6.07, 6.45) is 0.916. The zero-order chi connectivity index (χ0) is 21.8. The number of hydrogen-bond acceptors (Lipinski definition) is 4. The Kier molecular flexibility index (Phi) is 6.65. The Labute approximate surface area is 178 Å². The molecule has 0 spiro atoms. The van der Waals surface area contributed by atoms with Gasteiger partial charge in [0.2, 0.25) is 11.8 Å². The molecule has 2 amide bonds. The van der Waals surface area contributed by atoms with E-state index < -0.39 is 6.04 Å². The first-order chi connectivity index (χ1) is 14.3. The van der Waals surface area contributed by atoms with E-state index in [1.807, 2.05) is 51.1 Å². The molecule has 0 aromatic heterocycles. The molecule has 1 unspecified atom stereocenters.